The molecule has 2 aromatic carbocycles. The van der Waals surface area contributed by atoms with E-state index in [0.29, 0.717) is 46.6 Å². The van der Waals surface area contributed by atoms with E-state index in [-0.39, 0.29) is 18.7 Å². The molecule has 1 fully saturated rings. The van der Waals surface area contributed by atoms with Crippen LogP contribution in [0.3, 0.4) is 0 Å². The van der Waals surface area contributed by atoms with Gasteiger partial charge in [-0.3, -0.25) is 4.79 Å². The second-order valence-corrected chi connectivity index (χ2v) is 7.99. The molecule has 1 amide bonds. The van der Waals surface area contributed by atoms with Gasteiger partial charge in [0.1, 0.15) is 6.04 Å². The molecule has 166 valence electrons. The van der Waals surface area contributed by atoms with Gasteiger partial charge in [-0.25, -0.2) is 0 Å². The van der Waals surface area contributed by atoms with Gasteiger partial charge in [0.2, 0.25) is 18.5 Å². The summed E-state index contributed by atoms with van der Waals surface area (Å²) in [6.45, 7) is 2.71. The van der Waals surface area contributed by atoms with Crippen LogP contribution < -0.4 is 9.47 Å². The van der Waals surface area contributed by atoms with E-state index in [1.54, 1.807) is 17.3 Å². The van der Waals surface area contributed by atoms with Crippen molar-refractivity contribution in [3.8, 4) is 28.6 Å². The first-order valence-electron chi connectivity index (χ1n) is 10.7. The Kier molecular flexibility index (Phi) is 4.56. The van der Waals surface area contributed by atoms with E-state index in [4.69, 9.17) is 14.0 Å². The number of aromatic nitrogens is 5. The van der Waals surface area contributed by atoms with Crippen LogP contribution >= 0.6 is 0 Å². The van der Waals surface area contributed by atoms with Crippen LogP contribution in [0.25, 0.3) is 17.1 Å². The summed E-state index contributed by atoms with van der Waals surface area (Å²) in [5.41, 5.74) is 2.83. The number of carbonyl (C=O) groups is 1. The Bertz CT molecular complexity index is 1330. The van der Waals surface area contributed by atoms with E-state index in [0.717, 1.165) is 18.4 Å². The number of likely N-dealkylation sites (tertiary alicyclic amines) is 1. The van der Waals surface area contributed by atoms with Gasteiger partial charge < -0.3 is 18.9 Å². The minimum Gasteiger partial charge on any atom is -0.454 e. The Balaban J connectivity index is 1.33. The molecule has 4 heterocycles. The van der Waals surface area contributed by atoms with Crippen LogP contribution in [0, 0.1) is 6.92 Å². The van der Waals surface area contributed by atoms with Crippen LogP contribution in [0.5, 0.6) is 11.5 Å². The minimum absolute atomic E-state index is 0.120. The molecule has 0 bridgehead atoms. The predicted molar refractivity (Wildman–Crippen MR) is 115 cm³/mol. The number of rotatable bonds is 4. The van der Waals surface area contributed by atoms with Crippen LogP contribution in [0.4, 0.5) is 0 Å². The van der Waals surface area contributed by atoms with Crippen LogP contribution in [0.2, 0.25) is 0 Å². The van der Waals surface area contributed by atoms with Crippen molar-refractivity contribution in [2.24, 2.45) is 0 Å². The van der Waals surface area contributed by atoms with Gasteiger partial charge >= 0.3 is 0 Å². The molecule has 10 nitrogen and oxygen atoms in total. The van der Waals surface area contributed by atoms with Crippen molar-refractivity contribution in [2.75, 3.05) is 13.3 Å². The molecule has 1 saturated heterocycles. The molecule has 0 spiro atoms. The molecule has 1 unspecified atom stereocenters. The molecule has 0 radical (unpaired) electrons. The lowest BCUT2D eigenvalue weighted by Crippen LogP contribution is -2.31. The first kappa shape index (κ1) is 19.5. The number of hydrogen-bond donors (Lipinski definition) is 0. The van der Waals surface area contributed by atoms with Crippen molar-refractivity contribution in [3.63, 3.8) is 0 Å². The average molecular weight is 444 g/mol. The second-order valence-electron chi connectivity index (χ2n) is 7.99. The molecule has 10 heteroatoms. The summed E-state index contributed by atoms with van der Waals surface area (Å²) in [4.78, 5) is 21.5. The maximum absolute atomic E-state index is 13.7. The molecule has 2 aliphatic rings. The van der Waals surface area contributed by atoms with Crippen molar-refractivity contribution in [2.45, 2.75) is 25.8 Å². The number of amides is 1. The molecule has 0 aliphatic carbocycles. The quantitative estimate of drug-likeness (QED) is 0.472. The van der Waals surface area contributed by atoms with E-state index in [2.05, 4.69) is 20.3 Å². The summed E-state index contributed by atoms with van der Waals surface area (Å²) >= 11 is 0. The van der Waals surface area contributed by atoms with Crippen molar-refractivity contribution < 1.29 is 18.8 Å². The monoisotopic (exact) mass is 444 g/mol. The third kappa shape index (κ3) is 3.30. The maximum atomic E-state index is 13.7. The molecule has 2 aliphatic heterocycles. The van der Waals surface area contributed by atoms with E-state index in [9.17, 15) is 4.79 Å². The van der Waals surface area contributed by atoms with Crippen LogP contribution in [0.15, 0.2) is 53.3 Å². The van der Waals surface area contributed by atoms with Crippen LogP contribution in [-0.2, 0) is 0 Å². The maximum Gasteiger partial charge on any atom is 0.256 e. The van der Waals surface area contributed by atoms with Gasteiger partial charge in [-0.1, -0.05) is 22.9 Å². The van der Waals surface area contributed by atoms with Crippen molar-refractivity contribution >= 4 is 5.91 Å². The van der Waals surface area contributed by atoms with E-state index < -0.39 is 0 Å². The lowest BCUT2D eigenvalue weighted by molar-refractivity contribution is 0.0709. The minimum atomic E-state index is -0.313. The van der Waals surface area contributed by atoms with Gasteiger partial charge in [0.05, 0.1) is 29.2 Å². The summed E-state index contributed by atoms with van der Waals surface area (Å²) in [6, 6.07) is 10.9. The van der Waals surface area contributed by atoms with Crippen molar-refractivity contribution in [1.29, 1.82) is 0 Å². The summed E-state index contributed by atoms with van der Waals surface area (Å²) in [7, 11) is 0. The Morgan fingerprint density at radius 3 is 2.88 bits per heavy atom. The standard InChI is InChI=1S/C23H20N6O4/c1-14-7-8-17(29-24-9-10-25-29)16(12-14)23(30)28-11-3-5-18(28)22-26-21(27-33-22)15-4-2-6-19-20(15)32-13-31-19/h2,4,6-10,12,18H,3,5,11,13H2,1H3. The highest BCUT2D eigenvalue weighted by Gasteiger charge is 2.36. The molecule has 0 N–H and O–H groups in total. The zero-order chi connectivity index (χ0) is 22.4. The molecule has 1 atom stereocenters. The fourth-order valence-corrected chi connectivity index (χ4v) is 4.34. The highest BCUT2D eigenvalue weighted by molar-refractivity contribution is 5.98. The second kappa shape index (κ2) is 7.73. The zero-order valence-corrected chi connectivity index (χ0v) is 17.8. The largest absolute Gasteiger partial charge is 0.454 e. The Morgan fingerprint density at radius 1 is 1.12 bits per heavy atom. The molecule has 6 rings (SSSR count). The number of fused-ring (bicyclic) bond motifs is 1. The van der Waals surface area contributed by atoms with E-state index in [1.165, 1.54) is 4.80 Å². The Morgan fingerprint density at radius 2 is 2.00 bits per heavy atom. The third-order valence-electron chi connectivity index (χ3n) is 5.89. The first-order valence-corrected chi connectivity index (χ1v) is 10.7. The smallest absolute Gasteiger partial charge is 0.256 e. The number of ether oxygens (including phenoxy) is 2. The van der Waals surface area contributed by atoms with Crippen LogP contribution in [-0.4, -0.2) is 49.3 Å². The normalized spacial score (nSPS) is 17.0. The molecular weight excluding hydrogens is 424 g/mol. The number of carbonyl (C=O) groups excluding carboxylic acids is 1. The van der Waals surface area contributed by atoms with Crippen LogP contribution in [0.1, 0.15) is 40.7 Å². The van der Waals surface area contributed by atoms with Gasteiger partial charge in [0, 0.05) is 6.54 Å². The summed E-state index contributed by atoms with van der Waals surface area (Å²) < 4.78 is 16.6. The summed E-state index contributed by atoms with van der Waals surface area (Å²) in [5.74, 6) is 1.93. The van der Waals surface area contributed by atoms with E-state index >= 15 is 0 Å². The molecular formula is C23H20N6O4. The lowest BCUT2D eigenvalue weighted by atomic mass is 10.1. The van der Waals surface area contributed by atoms with Gasteiger partial charge in [0.25, 0.3) is 5.91 Å². The number of nitrogens with zero attached hydrogens (tertiary/aromatic N) is 6. The highest BCUT2D eigenvalue weighted by atomic mass is 16.7. The van der Waals surface area contributed by atoms with Gasteiger partial charge in [-0.05, 0) is 44.0 Å². The zero-order valence-electron chi connectivity index (χ0n) is 17.8. The van der Waals surface area contributed by atoms with Crippen molar-refractivity contribution in [1.82, 2.24) is 30.0 Å². The third-order valence-corrected chi connectivity index (χ3v) is 5.89. The molecule has 33 heavy (non-hydrogen) atoms. The predicted octanol–water partition coefficient (Wildman–Crippen LogP) is 3.33. The number of aryl methyl sites for hydroxylation is 1. The number of hydrogen-bond acceptors (Lipinski definition) is 8. The average Bonchev–Trinajstić information content (AvgIpc) is 3.63. The fraction of sp³-hybridized carbons (Fsp3) is 0.261. The number of para-hydroxylation sites is 1. The Labute approximate surface area is 188 Å². The van der Waals surface area contributed by atoms with Crippen molar-refractivity contribution in [3.05, 3.63) is 65.8 Å². The molecule has 2 aromatic heterocycles. The van der Waals surface area contributed by atoms with Gasteiger partial charge in [-0.2, -0.15) is 20.0 Å². The van der Waals surface area contributed by atoms with Gasteiger partial charge in [0.15, 0.2) is 11.5 Å². The lowest BCUT2D eigenvalue weighted by Gasteiger charge is -2.23. The highest BCUT2D eigenvalue weighted by Crippen LogP contribution is 2.41. The summed E-state index contributed by atoms with van der Waals surface area (Å²) in [5, 5.41) is 12.6. The fourth-order valence-electron chi connectivity index (χ4n) is 4.34. The first-order chi connectivity index (χ1) is 16.2. The SMILES string of the molecule is Cc1ccc(-n2nccn2)c(C(=O)N2CCCC2c2nc(-c3cccc4c3OCO4)no2)c1. The molecule has 0 saturated carbocycles. The Hall–Kier alpha value is -4.21. The topological polar surface area (TPSA) is 108 Å². The molecule has 4 aromatic rings. The number of benzene rings is 2. The van der Waals surface area contributed by atoms with E-state index in [1.807, 2.05) is 43.3 Å². The summed E-state index contributed by atoms with van der Waals surface area (Å²) in [6.07, 6.45) is 4.75. The van der Waals surface area contributed by atoms with Gasteiger partial charge in [-0.15, -0.1) is 0 Å².